The first-order valence-corrected chi connectivity index (χ1v) is 3.39. The van der Waals surface area contributed by atoms with Crippen LogP contribution in [0, 0.1) is 5.92 Å². The summed E-state index contributed by atoms with van der Waals surface area (Å²) in [6.45, 7) is 6.23. The van der Waals surface area contributed by atoms with Gasteiger partial charge in [0.25, 0.3) is 0 Å². The third kappa shape index (κ3) is 6.03. The van der Waals surface area contributed by atoms with Crippen LogP contribution in [0.5, 0.6) is 0 Å². The van der Waals surface area contributed by atoms with Crippen LogP contribution in [0.15, 0.2) is 12.2 Å². The molecule has 0 N–H and O–H groups in total. The molecule has 48 valence electrons. The van der Waals surface area contributed by atoms with Crippen molar-refractivity contribution in [3.05, 3.63) is 12.2 Å². The second-order valence-electron chi connectivity index (χ2n) is 2.31. The Labute approximate surface area is 56.5 Å². The van der Waals surface area contributed by atoms with Crippen molar-refractivity contribution in [3.63, 3.8) is 0 Å². The summed E-state index contributed by atoms with van der Waals surface area (Å²) in [4.78, 5) is 0. The summed E-state index contributed by atoms with van der Waals surface area (Å²) in [5.74, 6) is 0.621. The van der Waals surface area contributed by atoms with Gasteiger partial charge in [0.2, 0.25) is 0 Å². The van der Waals surface area contributed by atoms with Crippen molar-refractivity contribution in [3.8, 4) is 0 Å². The molecule has 0 amide bonds. The van der Waals surface area contributed by atoms with Gasteiger partial charge in [-0.05, 0) is 12.8 Å². The minimum absolute atomic E-state index is 0.178. The van der Waals surface area contributed by atoms with Gasteiger partial charge < -0.3 is 0 Å². The summed E-state index contributed by atoms with van der Waals surface area (Å²) < 4.78 is 0. The molecule has 0 saturated heterocycles. The molecule has 0 heterocycles. The first-order valence-electron chi connectivity index (χ1n) is 2.95. The second-order valence-corrected chi connectivity index (χ2v) is 2.99. The highest BCUT2D eigenvalue weighted by molar-refractivity contribution is 6.21. The predicted octanol–water partition coefficient (Wildman–Crippen LogP) is 2.83. The predicted molar refractivity (Wildman–Crippen MR) is 39.3 cm³/mol. The molecule has 0 radical (unpaired) electrons. The van der Waals surface area contributed by atoms with Gasteiger partial charge in [0.1, 0.15) is 0 Å². The van der Waals surface area contributed by atoms with Gasteiger partial charge in [-0.25, -0.2) is 0 Å². The summed E-state index contributed by atoms with van der Waals surface area (Å²) in [6, 6.07) is 0. The lowest BCUT2D eigenvalue weighted by Gasteiger charge is -1.93. The van der Waals surface area contributed by atoms with Crippen molar-refractivity contribution in [1.82, 2.24) is 0 Å². The highest BCUT2D eigenvalue weighted by Gasteiger charge is 1.87. The van der Waals surface area contributed by atoms with Gasteiger partial charge in [0.05, 0.1) is 0 Å². The summed E-state index contributed by atoms with van der Waals surface area (Å²) in [7, 11) is 0. The Morgan fingerprint density at radius 1 is 1.12 bits per heavy atom. The maximum Gasteiger partial charge on any atom is 0.0487 e. The first kappa shape index (κ1) is 8.03. The van der Waals surface area contributed by atoms with Gasteiger partial charge in [-0.1, -0.05) is 26.0 Å². The number of alkyl halides is 1. The summed E-state index contributed by atoms with van der Waals surface area (Å²) in [5, 5.41) is 0.178. The average molecular weight is 133 g/mol. The molecular formula is C7H13Cl. The Balaban J connectivity index is 3.34. The molecule has 0 saturated carbocycles. The number of allylic oxidation sites excluding steroid dienone is 2. The molecule has 0 aliphatic carbocycles. The number of hydrogen-bond donors (Lipinski definition) is 0. The Morgan fingerprint density at radius 2 is 1.62 bits per heavy atom. The fourth-order valence-electron chi connectivity index (χ4n) is 0.375. The van der Waals surface area contributed by atoms with Gasteiger partial charge in [0, 0.05) is 5.38 Å². The topological polar surface area (TPSA) is 0 Å². The van der Waals surface area contributed by atoms with Crippen LogP contribution < -0.4 is 0 Å². The van der Waals surface area contributed by atoms with Gasteiger partial charge in [-0.3, -0.25) is 0 Å². The zero-order chi connectivity index (χ0) is 6.57. The van der Waals surface area contributed by atoms with Crippen molar-refractivity contribution < 1.29 is 0 Å². The van der Waals surface area contributed by atoms with Crippen molar-refractivity contribution >= 4 is 11.6 Å². The van der Waals surface area contributed by atoms with Crippen LogP contribution in [-0.2, 0) is 0 Å². The van der Waals surface area contributed by atoms with E-state index in [2.05, 4.69) is 19.9 Å². The molecule has 0 aromatic heterocycles. The Morgan fingerprint density at radius 3 is 1.75 bits per heavy atom. The second kappa shape index (κ2) is 3.96. The Hall–Kier alpha value is 0.0300. The average Bonchev–Trinajstić information content (AvgIpc) is 1.61. The van der Waals surface area contributed by atoms with E-state index >= 15 is 0 Å². The molecule has 0 nitrogen and oxygen atoms in total. The molecule has 0 aromatic carbocycles. The molecule has 8 heavy (non-hydrogen) atoms. The molecule has 0 aliphatic rings. The summed E-state index contributed by atoms with van der Waals surface area (Å²) in [5.41, 5.74) is 0. The molecule has 0 rings (SSSR count). The van der Waals surface area contributed by atoms with Crippen LogP contribution in [-0.4, -0.2) is 5.38 Å². The molecule has 0 spiro atoms. The normalized spacial score (nSPS) is 15.6. The van der Waals surface area contributed by atoms with E-state index in [0.29, 0.717) is 5.92 Å². The van der Waals surface area contributed by atoms with Crippen molar-refractivity contribution in [2.75, 3.05) is 0 Å². The van der Waals surface area contributed by atoms with Crippen molar-refractivity contribution in [2.45, 2.75) is 26.1 Å². The van der Waals surface area contributed by atoms with Crippen LogP contribution in [0.4, 0.5) is 0 Å². The van der Waals surface area contributed by atoms with Gasteiger partial charge in [-0.2, -0.15) is 0 Å². The maximum absolute atomic E-state index is 5.64. The maximum atomic E-state index is 5.64. The molecular weight excluding hydrogens is 120 g/mol. The smallest absolute Gasteiger partial charge is 0.0487 e. The fourth-order valence-corrected chi connectivity index (χ4v) is 0.459. The highest BCUT2D eigenvalue weighted by Crippen LogP contribution is 1.99. The van der Waals surface area contributed by atoms with E-state index in [9.17, 15) is 0 Å². The molecule has 1 unspecified atom stereocenters. The molecule has 0 aromatic rings. The standard InChI is InChI=1S/C7H13Cl/c1-6(2)4-5-7(3)8/h4-7H,1-3H3. The minimum Gasteiger partial charge on any atom is -0.119 e. The Kier molecular flexibility index (Phi) is 3.98. The summed E-state index contributed by atoms with van der Waals surface area (Å²) in [6.07, 6.45) is 4.11. The lowest BCUT2D eigenvalue weighted by Crippen LogP contribution is -1.84. The number of hydrogen-bond acceptors (Lipinski definition) is 0. The first-order chi connectivity index (χ1) is 3.63. The zero-order valence-corrected chi connectivity index (χ0v) is 6.44. The van der Waals surface area contributed by atoms with E-state index in [-0.39, 0.29) is 5.38 Å². The number of rotatable bonds is 2. The molecule has 0 aliphatic heterocycles. The van der Waals surface area contributed by atoms with E-state index in [1.54, 1.807) is 0 Å². The van der Waals surface area contributed by atoms with E-state index in [4.69, 9.17) is 11.6 Å². The fraction of sp³-hybridized carbons (Fsp3) is 0.714. The van der Waals surface area contributed by atoms with E-state index in [1.165, 1.54) is 0 Å². The third-order valence-corrected chi connectivity index (χ3v) is 0.907. The van der Waals surface area contributed by atoms with Gasteiger partial charge in [0.15, 0.2) is 0 Å². The summed E-state index contributed by atoms with van der Waals surface area (Å²) >= 11 is 5.64. The monoisotopic (exact) mass is 132 g/mol. The molecule has 0 bridgehead atoms. The van der Waals surface area contributed by atoms with Gasteiger partial charge in [-0.15, -0.1) is 11.6 Å². The third-order valence-electron chi connectivity index (χ3n) is 0.761. The van der Waals surface area contributed by atoms with Crippen molar-refractivity contribution in [1.29, 1.82) is 0 Å². The minimum atomic E-state index is 0.178. The van der Waals surface area contributed by atoms with Gasteiger partial charge >= 0.3 is 0 Å². The van der Waals surface area contributed by atoms with Crippen LogP contribution in [0.25, 0.3) is 0 Å². The number of halogens is 1. The van der Waals surface area contributed by atoms with Crippen LogP contribution in [0.3, 0.4) is 0 Å². The SMILES string of the molecule is CC(C)C=CC(C)Cl. The zero-order valence-electron chi connectivity index (χ0n) is 5.69. The van der Waals surface area contributed by atoms with E-state index in [0.717, 1.165) is 0 Å². The quantitative estimate of drug-likeness (QED) is 0.401. The van der Waals surface area contributed by atoms with E-state index in [1.807, 2.05) is 13.0 Å². The molecule has 0 fully saturated rings. The lowest BCUT2D eigenvalue weighted by atomic mass is 10.2. The Bertz CT molecular complexity index is 62.5. The molecule has 1 heteroatoms. The lowest BCUT2D eigenvalue weighted by molar-refractivity contribution is 0.826. The van der Waals surface area contributed by atoms with Crippen molar-refractivity contribution in [2.24, 2.45) is 5.92 Å². The van der Waals surface area contributed by atoms with E-state index < -0.39 is 0 Å². The van der Waals surface area contributed by atoms with Crippen LogP contribution in [0.1, 0.15) is 20.8 Å². The molecule has 1 atom stereocenters. The van der Waals surface area contributed by atoms with Crippen LogP contribution >= 0.6 is 11.6 Å². The highest BCUT2D eigenvalue weighted by atomic mass is 35.5. The largest absolute Gasteiger partial charge is 0.119 e. The van der Waals surface area contributed by atoms with Crippen LogP contribution in [0.2, 0.25) is 0 Å².